The van der Waals surface area contributed by atoms with Gasteiger partial charge in [-0.05, 0) is 23.1 Å². The Labute approximate surface area is 141 Å². The number of hydrogen-bond donors (Lipinski definition) is 1. The van der Waals surface area contributed by atoms with Crippen molar-refractivity contribution in [2.45, 2.75) is 45.8 Å². The van der Waals surface area contributed by atoms with Gasteiger partial charge in [0.1, 0.15) is 6.07 Å². The van der Waals surface area contributed by atoms with Crippen LogP contribution < -0.4 is 5.32 Å². The van der Waals surface area contributed by atoms with E-state index in [0.29, 0.717) is 11.3 Å². The van der Waals surface area contributed by atoms with E-state index in [2.05, 4.69) is 11.4 Å². The Kier molecular flexibility index (Phi) is 4.39. The average molecular weight is 328 g/mol. The molecule has 126 valence electrons. The highest BCUT2D eigenvalue weighted by molar-refractivity contribution is 6.15. The third kappa shape index (κ3) is 3.74. The van der Waals surface area contributed by atoms with Crippen LogP contribution in [0.25, 0.3) is 0 Å². The Bertz CT molecular complexity index is 742. The minimum absolute atomic E-state index is 0.0921. The maximum Gasteiger partial charge on any atom is 0.350 e. The Morgan fingerprint density at radius 2 is 1.75 bits per heavy atom. The van der Waals surface area contributed by atoms with Crippen LogP contribution in [-0.2, 0) is 24.5 Å². The number of carbonyl (C=O) groups excluding carboxylic acids is 2. The van der Waals surface area contributed by atoms with Crippen molar-refractivity contribution in [1.29, 1.82) is 5.26 Å². The predicted octanol–water partition coefficient (Wildman–Crippen LogP) is 2.99. The molecule has 0 unspecified atom stereocenters. The summed E-state index contributed by atoms with van der Waals surface area (Å²) < 4.78 is 10.0. The Morgan fingerprint density at radius 1 is 1.17 bits per heavy atom. The van der Waals surface area contributed by atoms with Gasteiger partial charge in [0, 0.05) is 20.0 Å². The van der Waals surface area contributed by atoms with Gasteiger partial charge in [-0.1, -0.05) is 26.8 Å². The molecule has 1 aromatic rings. The Balaban J connectivity index is 2.28. The monoisotopic (exact) mass is 328 g/mol. The molecule has 0 atom stereocenters. The van der Waals surface area contributed by atoms with Crippen molar-refractivity contribution in [2.24, 2.45) is 0 Å². The smallest absolute Gasteiger partial charge is 0.350 e. The third-order valence-corrected chi connectivity index (χ3v) is 3.49. The third-order valence-electron chi connectivity index (χ3n) is 3.49. The first-order chi connectivity index (χ1) is 11.0. The van der Waals surface area contributed by atoms with Crippen LogP contribution in [0.1, 0.15) is 45.7 Å². The number of cyclic esters (lactones) is 2. The van der Waals surface area contributed by atoms with Crippen LogP contribution in [0.15, 0.2) is 30.0 Å². The van der Waals surface area contributed by atoms with E-state index in [0.717, 1.165) is 5.56 Å². The van der Waals surface area contributed by atoms with E-state index in [1.807, 2.05) is 26.8 Å². The number of anilines is 1. The van der Waals surface area contributed by atoms with E-state index in [9.17, 15) is 14.9 Å². The van der Waals surface area contributed by atoms with Gasteiger partial charge >= 0.3 is 11.9 Å². The lowest BCUT2D eigenvalue weighted by molar-refractivity contribution is -0.222. The van der Waals surface area contributed by atoms with E-state index >= 15 is 0 Å². The van der Waals surface area contributed by atoms with E-state index in [-0.39, 0.29) is 11.0 Å². The van der Waals surface area contributed by atoms with Gasteiger partial charge < -0.3 is 14.8 Å². The summed E-state index contributed by atoms with van der Waals surface area (Å²) in [6.45, 7) is 9.11. The van der Waals surface area contributed by atoms with Crippen molar-refractivity contribution >= 4 is 17.6 Å². The van der Waals surface area contributed by atoms with Crippen molar-refractivity contribution in [3.8, 4) is 6.07 Å². The van der Waals surface area contributed by atoms with Crippen LogP contribution in [0.4, 0.5) is 5.69 Å². The fourth-order valence-corrected chi connectivity index (χ4v) is 2.16. The Hall–Kier alpha value is -2.81. The molecule has 0 aliphatic carbocycles. The van der Waals surface area contributed by atoms with Crippen molar-refractivity contribution in [1.82, 2.24) is 0 Å². The summed E-state index contributed by atoms with van der Waals surface area (Å²) >= 11 is 0. The van der Waals surface area contributed by atoms with Crippen LogP contribution in [0.5, 0.6) is 0 Å². The molecule has 1 heterocycles. The van der Waals surface area contributed by atoms with Gasteiger partial charge in [0.2, 0.25) is 0 Å². The zero-order chi connectivity index (χ0) is 18.1. The zero-order valence-corrected chi connectivity index (χ0v) is 14.4. The lowest BCUT2D eigenvalue weighted by Gasteiger charge is -2.29. The molecule has 1 aliphatic heterocycles. The fraction of sp³-hybridized carbons (Fsp3) is 0.389. The predicted molar refractivity (Wildman–Crippen MR) is 87.8 cm³/mol. The van der Waals surface area contributed by atoms with Gasteiger partial charge in [-0.15, -0.1) is 0 Å². The summed E-state index contributed by atoms with van der Waals surface area (Å²) in [6, 6.07) is 7.51. The van der Waals surface area contributed by atoms with E-state index in [1.165, 1.54) is 20.0 Å². The van der Waals surface area contributed by atoms with Crippen molar-refractivity contribution < 1.29 is 19.1 Å². The minimum atomic E-state index is -1.28. The molecule has 0 bridgehead atoms. The molecular formula is C18H20N2O4. The number of ether oxygens (including phenoxy) is 2. The quantitative estimate of drug-likeness (QED) is 0.510. The molecule has 2 rings (SSSR count). The van der Waals surface area contributed by atoms with Gasteiger partial charge in [-0.25, -0.2) is 9.59 Å². The zero-order valence-electron chi connectivity index (χ0n) is 14.4. The summed E-state index contributed by atoms with van der Waals surface area (Å²) in [5.74, 6) is -2.82. The molecule has 0 aromatic heterocycles. The van der Waals surface area contributed by atoms with Crippen molar-refractivity contribution in [3.63, 3.8) is 0 Å². The topological polar surface area (TPSA) is 88.4 Å². The van der Waals surface area contributed by atoms with Gasteiger partial charge in [0.05, 0.1) is 11.3 Å². The molecule has 6 heteroatoms. The summed E-state index contributed by atoms with van der Waals surface area (Å²) in [4.78, 5) is 23.8. The molecule has 6 nitrogen and oxygen atoms in total. The molecule has 1 N–H and O–H groups in total. The number of hydrogen-bond acceptors (Lipinski definition) is 6. The normalized spacial score (nSPS) is 16.8. The molecule has 0 amide bonds. The van der Waals surface area contributed by atoms with E-state index in [1.54, 1.807) is 12.1 Å². The molecule has 1 fully saturated rings. The second-order valence-electron chi connectivity index (χ2n) is 7.00. The number of nitrogens with zero attached hydrogens (tertiary/aromatic N) is 1. The SMILES string of the molecule is CC1(C)OC(=O)C(=CNc2ccc(C(C)(C)C)cc2C#N)C(=O)O1. The van der Waals surface area contributed by atoms with Gasteiger partial charge in [-0.3, -0.25) is 0 Å². The number of nitriles is 1. The minimum Gasteiger partial charge on any atom is -0.419 e. The van der Waals surface area contributed by atoms with E-state index in [4.69, 9.17) is 9.47 Å². The summed E-state index contributed by atoms with van der Waals surface area (Å²) in [7, 11) is 0. The molecule has 1 saturated heterocycles. The van der Waals surface area contributed by atoms with Crippen LogP contribution in [-0.4, -0.2) is 17.7 Å². The van der Waals surface area contributed by atoms with Gasteiger partial charge in [-0.2, -0.15) is 5.26 Å². The maximum absolute atomic E-state index is 11.9. The van der Waals surface area contributed by atoms with E-state index < -0.39 is 17.7 Å². The van der Waals surface area contributed by atoms with Gasteiger partial charge in [0.25, 0.3) is 5.79 Å². The summed E-state index contributed by atoms with van der Waals surface area (Å²) in [5.41, 5.74) is 1.57. The van der Waals surface area contributed by atoms with Crippen LogP contribution in [0.3, 0.4) is 0 Å². The number of nitrogens with one attached hydrogen (secondary N) is 1. The maximum atomic E-state index is 11.9. The first-order valence-corrected chi connectivity index (χ1v) is 7.51. The lowest BCUT2D eigenvalue weighted by atomic mass is 9.86. The number of esters is 2. The lowest BCUT2D eigenvalue weighted by Crippen LogP contribution is -2.42. The highest BCUT2D eigenvalue weighted by atomic mass is 16.7. The second kappa shape index (κ2) is 6.00. The van der Waals surface area contributed by atoms with Crippen molar-refractivity contribution in [2.75, 3.05) is 5.32 Å². The number of carbonyl (C=O) groups is 2. The first-order valence-electron chi connectivity index (χ1n) is 7.51. The molecule has 1 aliphatic rings. The molecule has 0 spiro atoms. The molecule has 0 radical (unpaired) electrons. The number of rotatable bonds is 2. The molecular weight excluding hydrogens is 308 g/mol. The number of benzene rings is 1. The molecule has 1 aromatic carbocycles. The molecule has 0 saturated carbocycles. The second-order valence-corrected chi connectivity index (χ2v) is 7.00. The van der Waals surface area contributed by atoms with Crippen LogP contribution in [0.2, 0.25) is 0 Å². The largest absolute Gasteiger partial charge is 0.419 e. The Morgan fingerprint density at radius 3 is 2.25 bits per heavy atom. The van der Waals surface area contributed by atoms with Crippen LogP contribution >= 0.6 is 0 Å². The van der Waals surface area contributed by atoms with Gasteiger partial charge in [0.15, 0.2) is 5.57 Å². The summed E-state index contributed by atoms with van der Waals surface area (Å²) in [5, 5.41) is 12.1. The highest BCUT2D eigenvalue weighted by Gasteiger charge is 2.38. The first kappa shape index (κ1) is 17.5. The van der Waals surface area contributed by atoms with Crippen LogP contribution in [0, 0.1) is 11.3 Å². The highest BCUT2D eigenvalue weighted by Crippen LogP contribution is 2.27. The average Bonchev–Trinajstić information content (AvgIpc) is 2.44. The fourth-order valence-electron chi connectivity index (χ4n) is 2.16. The molecule has 24 heavy (non-hydrogen) atoms. The van der Waals surface area contributed by atoms with Crippen molar-refractivity contribution in [3.05, 3.63) is 41.1 Å². The summed E-state index contributed by atoms with van der Waals surface area (Å²) in [6.07, 6.45) is 1.20. The standard InChI is InChI=1S/C18H20N2O4/c1-17(2,3)12-6-7-14(11(8-12)9-19)20-10-13-15(21)23-18(4,5)24-16(13)22/h6-8,10,20H,1-5H3.